The van der Waals surface area contributed by atoms with Crippen LogP contribution in [0.5, 0.6) is 0 Å². The van der Waals surface area contributed by atoms with Crippen molar-refractivity contribution in [2.24, 2.45) is 11.8 Å². The van der Waals surface area contributed by atoms with Gasteiger partial charge in [0.05, 0.1) is 17.5 Å². The van der Waals surface area contributed by atoms with Crippen LogP contribution < -0.4 is 10.0 Å². The molecule has 0 fully saturated rings. The third-order valence-electron chi connectivity index (χ3n) is 5.10. The fraction of sp³-hybridized carbons (Fsp3) is 0.450. The molecule has 3 rings (SSSR count). The Morgan fingerprint density at radius 1 is 1.28 bits per heavy atom. The van der Waals surface area contributed by atoms with Gasteiger partial charge in [-0.15, -0.1) is 0 Å². The van der Waals surface area contributed by atoms with Crippen LogP contribution in [0.1, 0.15) is 26.1 Å². The Balaban J connectivity index is 1.81. The molecule has 1 amide bonds. The SMILES string of the molecule is CC(C)C(NS(=O)(=O)c1ccc(F)cc1)C(=O)CC1Cc2ncn(n2)CCNC(=O)C1=O. The lowest BCUT2D eigenvalue weighted by molar-refractivity contribution is -0.141. The molecule has 1 aliphatic heterocycles. The second-order valence-electron chi connectivity index (χ2n) is 7.91. The van der Waals surface area contributed by atoms with Gasteiger partial charge in [0.1, 0.15) is 12.1 Å². The molecule has 2 N–H and O–H groups in total. The largest absolute Gasteiger partial charge is 0.348 e. The van der Waals surface area contributed by atoms with Gasteiger partial charge in [0.2, 0.25) is 15.8 Å². The van der Waals surface area contributed by atoms with E-state index < -0.39 is 51.2 Å². The third-order valence-corrected chi connectivity index (χ3v) is 6.56. The van der Waals surface area contributed by atoms with Crippen molar-refractivity contribution >= 4 is 27.5 Å². The van der Waals surface area contributed by atoms with Crippen LogP contribution in [-0.4, -0.2) is 53.2 Å². The number of carbonyl (C=O) groups is 3. The van der Waals surface area contributed by atoms with Gasteiger partial charge in [-0.05, 0) is 30.2 Å². The van der Waals surface area contributed by atoms with Crippen molar-refractivity contribution < 1.29 is 27.2 Å². The highest BCUT2D eigenvalue weighted by atomic mass is 32.2. The number of nitrogens with one attached hydrogen (secondary N) is 2. The summed E-state index contributed by atoms with van der Waals surface area (Å²) < 4.78 is 42.4. The van der Waals surface area contributed by atoms with E-state index in [0.29, 0.717) is 12.4 Å². The fourth-order valence-electron chi connectivity index (χ4n) is 3.36. The summed E-state index contributed by atoms with van der Waals surface area (Å²) in [6, 6.07) is 3.05. The first kappa shape index (κ1) is 23.7. The van der Waals surface area contributed by atoms with E-state index >= 15 is 0 Å². The number of hydrogen-bond donors (Lipinski definition) is 2. The zero-order chi connectivity index (χ0) is 23.5. The number of sulfonamides is 1. The van der Waals surface area contributed by atoms with Crippen molar-refractivity contribution in [2.45, 2.75) is 44.2 Å². The normalized spacial score (nSPS) is 18.3. The van der Waals surface area contributed by atoms with Crippen LogP contribution in [0.4, 0.5) is 4.39 Å². The van der Waals surface area contributed by atoms with Crippen molar-refractivity contribution in [3.8, 4) is 0 Å². The first-order chi connectivity index (χ1) is 15.1. The lowest BCUT2D eigenvalue weighted by atomic mass is 9.88. The topological polar surface area (TPSA) is 140 Å². The summed E-state index contributed by atoms with van der Waals surface area (Å²) in [4.78, 5) is 41.8. The van der Waals surface area contributed by atoms with E-state index in [-0.39, 0.29) is 24.3 Å². The molecule has 10 nitrogen and oxygen atoms in total. The minimum absolute atomic E-state index is 0.0273. The van der Waals surface area contributed by atoms with Crippen molar-refractivity contribution in [3.05, 3.63) is 42.2 Å². The average molecular weight is 466 g/mol. The molecule has 1 aromatic heterocycles. The highest BCUT2D eigenvalue weighted by Crippen LogP contribution is 2.19. The number of aromatic nitrogens is 3. The molecular formula is C20H24FN5O5S. The number of halogens is 1. The van der Waals surface area contributed by atoms with Crippen LogP contribution in [-0.2, 0) is 37.4 Å². The van der Waals surface area contributed by atoms with Crippen molar-refractivity contribution in [1.82, 2.24) is 24.8 Å². The maximum absolute atomic E-state index is 13.1. The van der Waals surface area contributed by atoms with Gasteiger partial charge in [0.15, 0.2) is 11.6 Å². The molecule has 0 radical (unpaired) electrons. The molecule has 1 aromatic carbocycles. The fourth-order valence-corrected chi connectivity index (χ4v) is 4.73. The molecule has 32 heavy (non-hydrogen) atoms. The van der Waals surface area contributed by atoms with Crippen LogP contribution >= 0.6 is 0 Å². The number of carbonyl (C=O) groups excluding carboxylic acids is 3. The minimum atomic E-state index is -4.12. The van der Waals surface area contributed by atoms with Crippen molar-refractivity contribution in [1.29, 1.82) is 0 Å². The Bertz CT molecular complexity index is 1110. The zero-order valence-electron chi connectivity index (χ0n) is 17.6. The molecule has 0 saturated carbocycles. The van der Waals surface area contributed by atoms with Crippen LogP contribution in [0.2, 0.25) is 0 Å². The standard InChI is InChI=1S/C20H24FN5O5S/c1-12(2)18(25-32(30,31)15-5-3-14(21)4-6-15)16(27)9-13-10-17-23-11-26(24-17)8-7-22-20(29)19(13)28/h3-6,11-13,18,25H,7-10H2,1-2H3,(H,22,29). The number of Topliss-reactive ketones (excluding diaryl/α,β-unsaturated/α-hetero) is 2. The van der Waals surface area contributed by atoms with E-state index in [0.717, 1.165) is 24.3 Å². The second kappa shape index (κ2) is 9.65. The Morgan fingerprint density at radius 2 is 1.97 bits per heavy atom. The number of rotatable bonds is 7. The molecule has 1 aliphatic rings. The van der Waals surface area contributed by atoms with Crippen LogP contribution in [0.3, 0.4) is 0 Å². The molecule has 0 aliphatic carbocycles. The Labute approximate surface area is 184 Å². The number of hydrogen-bond acceptors (Lipinski definition) is 7. The van der Waals surface area contributed by atoms with E-state index in [1.165, 1.54) is 11.0 Å². The number of benzene rings is 1. The minimum Gasteiger partial charge on any atom is -0.348 e. The van der Waals surface area contributed by atoms with Gasteiger partial charge in [0, 0.05) is 25.3 Å². The van der Waals surface area contributed by atoms with Crippen LogP contribution in [0.15, 0.2) is 35.5 Å². The molecule has 0 saturated heterocycles. The summed E-state index contributed by atoms with van der Waals surface area (Å²) >= 11 is 0. The molecule has 2 bridgehead atoms. The first-order valence-electron chi connectivity index (χ1n) is 10.1. The van der Waals surface area contributed by atoms with Gasteiger partial charge >= 0.3 is 0 Å². The second-order valence-corrected chi connectivity index (χ2v) is 9.63. The van der Waals surface area contributed by atoms with Gasteiger partial charge in [-0.25, -0.2) is 22.5 Å². The Hall–Kier alpha value is -2.99. The molecule has 2 aromatic rings. The summed E-state index contributed by atoms with van der Waals surface area (Å²) in [6.45, 7) is 3.85. The molecular weight excluding hydrogens is 441 g/mol. The predicted molar refractivity (Wildman–Crippen MR) is 110 cm³/mol. The van der Waals surface area contributed by atoms with E-state index in [1.807, 2.05) is 0 Å². The van der Waals surface area contributed by atoms with E-state index in [1.54, 1.807) is 13.8 Å². The molecule has 2 atom stereocenters. The highest BCUT2D eigenvalue weighted by molar-refractivity contribution is 7.89. The summed E-state index contributed by atoms with van der Waals surface area (Å²) in [5.41, 5.74) is 0. The van der Waals surface area contributed by atoms with Crippen LogP contribution in [0.25, 0.3) is 0 Å². The lowest BCUT2D eigenvalue weighted by Gasteiger charge is -2.23. The number of nitrogens with zero attached hydrogens (tertiary/aromatic N) is 3. The summed E-state index contributed by atoms with van der Waals surface area (Å²) in [6.07, 6.45) is 1.08. The monoisotopic (exact) mass is 465 g/mol. The molecule has 12 heteroatoms. The van der Waals surface area contributed by atoms with E-state index in [4.69, 9.17) is 0 Å². The maximum atomic E-state index is 13.1. The smallest absolute Gasteiger partial charge is 0.287 e. The first-order valence-corrected chi connectivity index (χ1v) is 11.6. The molecule has 2 unspecified atom stereocenters. The third kappa shape index (κ3) is 5.62. The van der Waals surface area contributed by atoms with Crippen LogP contribution in [0, 0.1) is 17.7 Å². The summed E-state index contributed by atoms with van der Waals surface area (Å²) in [5.74, 6) is -3.89. The molecule has 0 spiro atoms. The van der Waals surface area contributed by atoms with Gasteiger partial charge in [0.25, 0.3) is 5.91 Å². The summed E-state index contributed by atoms with van der Waals surface area (Å²) in [7, 11) is -4.12. The lowest BCUT2D eigenvalue weighted by Crippen LogP contribution is -2.46. The quantitative estimate of drug-likeness (QED) is 0.558. The van der Waals surface area contributed by atoms with Gasteiger partial charge in [-0.2, -0.15) is 5.10 Å². The van der Waals surface area contributed by atoms with Crippen molar-refractivity contribution in [3.63, 3.8) is 0 Å². The van der Waals surface area contributed by atoms with E-state index in [2.05, 4.69) is 20.1 Å². The van der Waals surface area contributed by atoms with Crippen molar-refractivity contribution in [2.75, 3.05) is 6.54 Å². The Morgan fingerprint density at radius 3 is 2.62 bits per heavy atom. The zero-order valence-corrected chi connectivity index (χ0v) is 18.4. The highest BCUT2D eigenvalue weighted by Gasteiger charge is 2.34. The number of fused-ring (bicyclic) bond motifs is 2. The number of ketones is 2. The predicted octanol–water partition coefficient (Wildman–Crippen LogP) is 0.237. The molecule has 172 valence electrons. The van der Waals surface area contributed by atoms with Gasteiger partial charge in [-0.3, -0.25) is 19.1 Å². The average Bonchev–Trinajstić information content (AvgIpc) is 3.17. The van der Waals surface area contributed by atoms with E-state index in [9.17, 15) is 27.2 Å². The molecule has 2 heterocycles. The Kier molecular flexibility index (Phi) is 7.14. The number of amides is 1. The van der Waals surface area contributed by atoms with Gasteiger partial charge in [-0.1, -0.05) is 13.8 Å². The van der Waals surface area contributed by atoms with Gasteiger partial charge < -0.3 is 5.32 Å². The maximum Gasteiger partial charge on any atom is 0.287 e. The summed E-state index contributed by atoms with van der Waals surface area (Å²) in [5, 5.41) is 6.71.